The number of fused-ring (bicyclic) bond motifs is 1. The van der Waals surface area contributed by atoms with Crippen molar-refractivity contribution in [1.29, 1.82) is 0 Å². The average Bonchev–Trinajstić information content (AvgIpc) is 3.21. The van der Waals surface area contributed by atoms with E-state index in [4.69, 9.17) is 27.9 Å². The lowest BCUT2D eigenvalue weighted by Crippen LogP contribution is -2.16. The van der Waals surface area contributed by atoms with Crippen LogP contribution in [0.3, 0.4) is 0 Å². The third-order valence-electron chi connectivity index (χ3n) is 4.43. The van der Waals surface area contributed by atoms with Crippen molar-refractivity contribution in [1.82, 2.24) is 9.97 Å². The summed E-state index contributed by atoms with van der Waals surface area (Å²) in [6, 6.07) is 11.4. The molecule has 1 aliphatic rings. The number of nitrogens with zero attached hydrogens (tertiary/aromatic N) is 3. The number of ether oxygens (including phenoxy) is 1. The van der Waals surface area contributed by atoms with Crippen LogP contribution in [-0.4, -0.2) is 37.6 Å². The van der Waals surface area contributed by atoms with Gasteiger partial charge in [0.25, 0.3) is 10.0 Å². The van der Waals surface area contributed by atoms with Crippen LogP contribution in [0.2, 0.25) is 10.0 Å². The van der Waals surface area contributed by atoms with Gasteiger partial charge in [0.1, 0.15) is 10.7 Å². The van der Waals surface area contributed by atoms with Gasteiger partial charge in [-0.05, 0) is 55.0 Å². The second-order valence-corrected chi connectivity index (χ2v) is 9.03. The number of aromatic nitrogens is 2. The van der Waals surface area contributed by atoms with Gasteiger partial charge in [0.05, 0.1) is 16.6 Å². The van der Waals surface area contributed by atoms with Gasteiger partial charge in [-0.3, -0.25) is 4.72 Å². The minimum absolute atomic E-state index is 0.00454. The van der Waals surface area contributed by atoms with Crippen molar-refractivity contribution < 1.29 is 13.2 Å². The van der Waals surface area contributed by atoms with Gasteiger partial charge < -0.3 is 15.0 Å². The molecule has 0 amide bonds. The lowest BCUT2D eigenvalue weighted by Gasteiger charge is -2.23. The Morgan fingerprint density at radius 2 is 1.90 bits per heavy atom. The number of sulfonamides is 1. The van der Waals surface area contributed by atoms with E-state index in [-0.39, 0.29) is 32.7 Å². The molecule has 1 fully saturated rings. The molecule has 29 heavy (non-hydrogen) atoms. The summed E-state index contributed by atoms with van der Waals surface area (Å²) in [5.41, 5.74) is 1.15. The van der Waals surface area contributed by atoms with Crippen LogP contribution in [0.25, 0.3) is 16.4 Å². The molecule has 7 nitrogen and oxygen atoms in total. The fourth-order valence-corrected chi connectivity index (χ4v) is 4.78. The first-order valence-electron chi connectivity index (χ1n) is 8.96. The Balaban J connectivity index is 1.70. The Morgan fingerprint density at radius 1 is 1.14 bits per heavy atom. The normalized spacial score (nSPS) is 16.8. The van der Waals surface area contributed by atoms with Crippen LogP contribution in [0.1, 0.15) is 12.8 Å². The molecule has 1 N–H and O–H groups in total. The first-order valence-corrected chi connectivity index (χ1v) is 11.2. The largest absolute Gasteiger partial charge is 0.460 e. The standard InChI is InChI=1S/C19H17Cl2N4O3S/c20-12-7-8-14(21)17(10-12)29(26,27)25-19-18(22-11-13-4-3-9-28-13)23-15-5-1-2-6-16(15)24-19/h1-2,5-8,10,13H,3-4,9,11H2,(H-,22,23,24,25)/q-1/t13-/m1/s1. The molecule has 2 heterocycles. The van der Waals surface area contributed by atoms with Crippen LogP contribution in [0.5, 0.6) is 0 Å². The van der Waals surface area contributed by atoms with Crippen molar-refractivity contribution in [2.45, 2.75) is 23.8 Å². The minimum Gasteiger partial charge on any atom is -0.460 e. The first kappa shape index (κ1) is 20.2. The SMILES string of the molecule is O=S(=O)(Nc1nc2ccccc2nc1[N-]C[C@H]1CCCO1)c1cc(Cl)ccc1Cl. The van der Waals surface area contributed by atoms with Crippen molar-refractivity contribution in [2.24, 2.45) is 0 Å². The van der Waals surface area contributed by atoms with Crippen LogP contribution in [0.4, 0.5) is 11.6 Å². The van der Waals surface area contributed by atoms with Crippen LogP contribution < -0.4 is 4.72 Å². The van der Waals surface area contributed by atoms with E-state index >= 15 is 0 Å². The highest BCUT2D eigenvalue weighted by Gasteiger charge is 2.20. The Bertz CT molecular complexity index is 1150. The minimum atomic E-state index is -4.06. The molecule has 1 aliphatic heterocycles. The highest BCUT2D eigenvalue weighted by atomic mass is 35.5. The molecule has 152 valence electrons. The van der Waals surface area contributed by atoms with E-state index in [1.807, 2.05) is 6.07 Å². The Hall–Kier alpha value is -2.13. The van der Waals surface area contributed by atoms with E-state index in [1.165, 1.54) is 18.2 Å². The van der Waals surface area contributed by atoms with Gasteiger partial charge in [-0.1, -0.05) is 41.4 Å². The van der Waals surface area contributed by atoms with Crippen LogP contribution >= 0.6 is 23.2 Å². The second-order valence-electron chi connectivity index (χ2n) is 6.54. The quantitative estimate of drug-likeness (QED) is 0.573. The number of nitrogens with one attached hydrogen (secondary N) is 1. The zero-order valence-corrected chi connectivity index (χ0v) is 17.5. The third-order valence-corrected chi connectivity index (χ3v) is 6.49. The molecule has 2 aromatic carbocycles. The predicted octanol–water partition coefficient (Wildman–Crippen LogP) is 4.92. The summed E-state index contributed by atoms with van der Waals surface area (Å²) in [4.78, 5) is 8.76. The van der Waals surface area contributed by atoms with Gasteiger partial charge in [-0.15, -0.1) is 0 Å². The van der Waals surface area contributed by atoms with Crippen molar-refractivity contribution in [2.75, 3.05) is 17.9 Å². The summed E-state index contributed by atoms with van der Waals surface area (Å²) in [6.07, 6.45) is 1.88. The summed E-state index contributed by atoms with van der Waals surface area (Å²) >= 11 is 12.0. The van der Waals surface area contributed by atoms with E-state index in [0.717, 1.165) is 12.8 Å². The molecule has 0 radical (unpaired) electrons. The van der Waals surface area contributed by atoms with Gasteiger partial charge in [-0.25, -0.2) is 13.4 Å². The van der Waals surface area contributed by atoms with Gasteiger partial charge in [0, 0.05) is 11.6 Å². The number of hydrogen-bond donors (Lipinski definition) is 1. The molecule has 0 saturated carbocycles. The van der Waals surface area contributed by atoms with Crippen molar-refractivity contribution >= 4 is 55.9 Å². The summed E-state index contributed by atoms with van der Waals surface area (Å²) in [5.74, 6) is 0.221. The number of anilines is 1. The topological polar surface area (TPSA) is 95.3 Å². The predicted molar refractivity (Wildman–Crippen MR) is 114 cm³/mol. The zero-order valence-electron chi connectivity index (χ0n) is 15.2. The van der Waals surface area contributed by atoms with Crippen molar-refractivity contribution in [3.8, 4) is 0 Å². The molecule has 3 aromatic rings. The molecule has 0 aliphatic carbocycles. The smallest absolute Gasteiger partial charge is 0.264 e. The van der Waals surface area contributed by atoms with Gasteiger partial charge in [-0.2, -0.15) is 0 Å². The zero-order chi connectivity index (χ0) is 20.4. The van der Waals surface area contributed by atoms with Crippen LogP contribution in [-0.2, 0) is 14.8 Å². The van der Waals surface area contributed by atoms with Crippen molar-refractivity contribution in [3.05, 3.63) is 57.8 Å². The van der Waals surface area contributed by atoms with E-state index in [1.54, 1.807) is 18.2 Å². The second kappa shape index (κ2) is 8.31. The Kier molecular flexibility index (Phi) is 5.78. The molecule has 1 atom stereocenters. The maximum absolute atomic E-state index is 12.9. The molecule has 1 saturated heterocycles. The Morgan fingerprint density at radius 3 is 2.62 bits per heavy atom. The molecular weight excluding hydrogens is 435 g/mol. The van der Waals surface area contributed by atoms with E-state index in [2.05, 4.69) is 20.0 Å². The molecule has 4 rings (SSSR count). The van der Waals surface area contributed by atoms with E-state index < -0.39 is 10.0 Å². The summed E-state index contributed by atoms with van der Waals surface area (Å²) in [5, 5.41) is 4.77. The fraction of sp³-hybridized carbons (Fsp3) is 0.263. The van der Waals surface area contributed by atoms with Crippen LogP contribution in [0, 0.1) is 0 Å². The van der Waals surface area contributed by atoms with Crippen molar-refractivity contribution in [3.63, 3.8) is 0 Å². The molecule has 0 bridgehead atoms. The molecule has 0 unspecified atom stereocenters. The summed E-state index contributed by atoms with van der Waals surface area (Å²) in [7, 11) is -4.06. The monoisotopic (exact) mass is 451 g/mol. The fourth-order valence-electron chi connectivity index (χ4n) is 3.01. The number of halogens is 2. The highest BCUT2D eigenvalue weighted by Crippen LogP contribution is 2.32. The number of para-hydroxylation sites is 2. The van der Waals surface area contributed by atoms with Gasteiger partial charge in [0.2, 0.25) is 0 Å². The Labute approximate surface area is 178 Å². The number of benzene rings is 2. The molecular formula is C19H17Cl2N4O3S-. The molecule has 10 heteroatoms. The summed E-state index contributed by atoms with van der Waals surface area (Å²) in [6.45, 7) is 1.08. The maximum Gasteiger partial charge on any atom is 0.264 e. The van der Waals surface area contributed by atoms with Gasteiger partial charge in [0.15, 0.2) is 0 Å². The van der Waals surface area contributed by atoms with E-state index in [0.29, 0.717) is 24.2 Å². The highest BCUT2D eigenvalue weighted by molar-refractivity contribution is 7.92. The summed E-state index contributed by atoms with van der Waals surface area (Å²) < 4.78 is 33.9. The lowest BCUT2D eigenvalue weighted by molar-refractivity contribution is 0.122. The third kappa shape index (κ3) is 4.56. The molecule has 0 spiro atoms. The molecule has 1 aromatic heterocycles. The lowest BCUT2D eigenvalue weighted by atomic mass is 10.2. The number of rotatable bonds is 6. The van der Waals surface area contributed by atoms with E-state index in [9.17, 15) is 8.42 Å². The van der Waals surface area contributed by atoms with Gasteiger partial charge >= 0.3 is 0 Å². The first-order chi connectivity index (χ1) is 13.9. The average molecular weight is 452 g/mol. The van der Waals surface area contributed by atoms with Crippen LogP contribution in [0.15, 0.2) is 47.4 Å². The maximum atomic E-state index is 12.9. The number of hydrogen-bond acceptors (Lipinski definition) is 5.